The van der Waals surface area contributed by atoms with Crippen LogP contribution in [0.25, 0.3) is 0 Å². The predicted octanol–water partition coefficient (Wildman–Crippen LogP) is 2.44. The highest BCUT2D eigenvalue weighted by Gasteiger charge is 2.46. The molecule has 1 saturated heterocycles. The Morgan fingerprint density at radius 1 is 1.24 bits per heavy atom. The molecule has 1 heterocycles. The van der Waals surface area contributed by atoms with Crippen molar-refractivity contribution in [2.75, 3.05) is 19.6 Å². The molecule has 2 N–H and O–H groups in total. The molecule has 3 fully saturated rings. The number of guanidine groups is 1. The van der Waals surface area contributed by atoms with E-state index in [1.807, 2.05) is 0 Å². The molecule has 122 valence electrons. The van der Waals surface area contributed by atoms with Crippen molar-refractivity contribution in [2.45, 2.75) is 65.1 Å². The number of aliphatic imine (C=N–C) groups is 1. The van der Waals surface area contributed by atoms with Gasteiger partial charge in [0.05, 0.1) is 0 Å². The smallest absolute Gasteiger partial charge is 0.191 e. The third-order valence-electron chi connectivity index (χ3n) is 5.17. The van der Waals surface area contributed by atoms with E-state index < -0.39 is 0 Å². The van der Waals surface area contributed by atoms with E-state index in [0.29, 0.717) is 23.4 Å². The zero-order valence-corrected chi connectivity index (χ0v) is 16.2. The van der Waals surface area contributed by atoms with Gasteiger partial charge in [-0.3, -0.25) is 9.89 Å². The van der Waals surface area contributed by atoms with Crippen LogP contribution in [0.1, 0.15) is 47.0 Å². The average Bonchev–Trinajstić information content (AvgIpc) is 3.25. The molecular formula is C16H31IN4. The van der Waals surface area contributed by atoms with Crippen molar-refractivity contribution >= 4 is 29.9 Å². The SMILES string of the molecule is CCN=C(NC1CN(C2CC2)CC1C)NC1CC1(C)C.I. The van der Waals surface area contributed by atoms with Gasteiger partial charge in [-0.15, -0.1) is 24.0 Å². The quantitative estimate of drug-likeness (QED) is 0.428. The molecule has 0 amide bonds. The van der Waals surface area contributed by atoms with Crippen molar-refractivity contribution in [3.05, 3.63) is 0 Å². The summed E-state index contributed by atoms with van der Waals surface area (Å²) in [5.41, 5.74) is 0.442. The molecule has 2 saturated carbocycles. The zero-order valence-electron chi connectivity index (χ0n) is 13.9. The van der Waals surface area contributed by atoms with Crippen LogP contribution in [-0.4, -0.2) is 48.6 Å². The van der Waals surface area contributed by atoms with Crippen LogP contribution in [0.2, 0.25) is 0 Å². The van der Waals surface area contributed by atoms with E-state index in [0.717, 1.165) is 18.5 Å². The van der Waals surface area contributed by atoms with Crippen LogP contribution in [0.3, 0.4) is 0 Å². The fourth-order valence-corrected chi connectivity index (χ4v) is 3.28. The molecule has 3 unspecified atom stereocenters. The second kappa shape index (κ2) is 6.60. The first kappa shape index (κ1) is 17.3. The van der Waals surface area contributed by atoms with E-state index in [-0.39, 0.29) is 24.0 Å². The normalized spacial score (nSPS) is 35.2. The molecule has 5 heteroatoms. The van der Waals surface area contributed by atoms with Crippen molar-refractivity contribution in [3.8, 4) is 0 Å². The lowest BCUT2D eigenvalue weighted by Gasteiger charge is -2.21. The average molecular weight is 406 g/mol. The van der Waals surface area contributed by atoms with Gasteiger partial charge in [-0.2, -0.15) is 0 Å². The Bertz CT molecular complexity index is 392. The first-order valence-corrected chi connectivity index (χ1v) is 8.31. The van der Waals surface area contributed by atoms with Gasteiger partial charge in [0.25, 0.3) is 0 Å². The predicted molar refractivity (Wildman–Crippen MR) is 99.4 cm³/mol. The molecule has 0 bridgehead atoms. The molecule has 0 aromatic carbocycles. The lowest BCUT2D eigenvalue weighted by atomic mass is 10.1. The van der Waals surface area contributed by atoms with Crippen LogP contribution in [0.4, 0.5) is 0 Å². The molecular weight excluding hydrogens is 375 g/mol. The Balaban J connectivity index is 0.00000161. The van der Waals surface area contributed by atoms with E-state index in [1.54, 1.807) is 0 Å². The summed E-state index contributed by atoms with van der Waals surface area (Å²) >= 11 is 0. The third-order valence-corrected chi connectivity index (χ3v) is 5.17. The number of rotatable bonds is 4. The Hall–Kier alpha value is -0.0400. The summed E-state index contributed by atoms with van der Waals surface area (Å²) in [6.07, 6.45) is 4.07. The topological polar surface area (TPSA) is 39.7 Å². The Morgan fingerprint density at radius 2 is 1.90 bits per heavy atom. The molecule has 2 aliphatic carbocycles. The Kier molecular flexibility index (Phi) is 5.45. The largest absolute Gasteiger partial charge is 0.353 e. The van der Waals surface area contributed by atoms with Gasteiger partial charge in [-0.05, 0) is 37.5 Å². The number of hydrogen-bond donors (Lipinski definition) is 2. The maximum Gasteiger partial charge on any atom is 0.191 e. The third kappa shape index (κ3) is 4.24. The standard InChI is InChI=1S/C16H30N4.HI/c1-5-17-15(19-14-8-16(14,3)4)18-13-10-20(9-11(13)2)12-6-7-12;/h11-14H,5-10H2,1-4H3,(H2,17,18,19);1H. The summed E-state index contributed by atoms with van der Waals surface area (Å²) in [4.78, 5) is 7.29. The van der Waals surface area contributed by atoms with Crippen LogP contribution in [0, 0.1) is 11.3 Å². The van der Waals surface area contributed by atoms with Crippen molar-refractivity contribution in [1.29, 1.82) is 0 Å². The van der Waals surface area contributed by atoms with Crippen molar-refractivity contribution in [2.24, 2.45) is 16.3 Å². The molecule has 0 aromatic rings. The van der Waals surface area contributed by atoms with Crippen molar-refractivity contribution < 1.29 is 0 Å². The molecule has 0 aromatic heterocycles. The molecule has 0 spiro atoms. The van der Waals surface area contributed by atoms with Gasteiger partial charge < -0.3 is 10.6 Å². The van der Waals surface area contributed by atoms with Gasteiger partial charge >= 0.3 is 0 Å². The van der Waals surface area contributed by atoms with Crippen molar-refractivity contribution in [3.63, 3.8) is 0 Å². The number of likely N-dealkylation sites (tertiary alicyclic amines) is 1. The Morgan fingerprint density at radius 3 is 2.43 bits per heavy atom. The van der Waals surface area contributed by atoms with Gasteiger partial charge in [0, 0.05) is 37.8 Å². The minimum atomic E-state index is 0. The summed E-state index contributed by atoms with van der Waals surface area (Å²) < 4.78 is 0. The fourth-order valence-electron chi connectivity index (χ4n) is 3.28. The fraction of sp³-hybridized carbons (Fsp3) is 0.938. The monoisotopic (exact) mass is 406 g/mol. The molecule has 1 aliphatic heterocycles. The van der Waals surface area contributed by atoms with Gasteiger partial charge in [0.1, 0.15) is 0 Å². The van der Waals surface area contributed by atoms with Crippen molar-refractivity contribution in [1.82, 2.24) is 15.5 Å². The maximum absolute atomic E-state index is 4.63. The lowest BCUT2D eigenvalue weighted by Crippen LogP contribution is -2.48. The summed E-state index contributed by atoms with van der Waals surface area (Å²) in [5, 5.41) is 7.30. The van der Waals surface area contributed by atoms with Gasteiger partial charge in [0.2, 0.25) is 0 Å². The highest BCUT2D eigenvalue weighted by Crippen LogP contribution is 2.44. The van der Waals surface area contributed by atoms with Crippen LogP contribution in [0.15, 0.2) is 4.99 Å². The van der Waals surface area contributed by atoms with Crippen LogP contribution < -0.4 is 10.6 Å². The summed E-state index contributed by atoms with van der Waals surface area (Å²) in [7, 11) is 0. The maximum atomic E-state index is 4.63. The highest BCUT2D eigenvalue weighted by atomic mass is 127. The number of halogens is 1. The first-order valence-electron chi connectivity index (χ1n) is 8.31. The molecule has 4 nitrogen and oxygen atoms in total. The molecule has 0 radical (unpaired) electrons. The number of nitrogens with zero attached hydrogens (tertiary/aromatic N) is 2. The van der Waals surface area contributed by atoms with E-state index in [2.05, 4.69) is 48.2 Å². The highest BCUT2D eigenvalue weighted by molar-refractivity contribution is 14.0. The molecule has 21 heavy (non-hydrogen) atoms. The number of hydrogen-bond acceptors (Lipinski definition) is 2. The molecule has 3 atom stereocenters. The lowest BCUT2D eigenvalue weighted by molar-refractivity contribution is 0.315. The van der Waals surface area contributed by atoms with Gasteiger partial charge in [-0.25, -0.2) is 0 Å². The minimum absolute atomic E-state index is 0. The Labute approximate surface area is 146 Å². The summed E-state index contributed by atoms with van der Waals surface area (Å²) in [5.74, 6) is 1.74. The van der Waals surface area contributed by atoms with Crippen LogP contribution in [-0.2, 0) is 0 Å². The first-order chi connectivity index (χ1) is 9.49. The van der Waals surface area contributed by atoms with E-state index in [9.17, 15) is 0 Å². The van der Waals surface area contributed by atoms with E-state index in [1.165, 1.54) is 32.4 Å². The summed E-state index contributed by atoms with van der Waals surface area (Å²) in [6.45, 7) is 12.4. The second-order valence-electron chi connectivity index (χ2n) is 7.63. The van der Waals surface area contributed by atoms with Crippen LogP contribution >= 0.6 is 24.0 Å². The zero-order chi connectivity index (χ0) is 14.3. The summed E-state index contributed by atoms with van der Waals surface area (Å²) in [6, 6.07) is 2.03. The van der Waals surface area contributed by atoms with Gasteiger partial charge in [-0.1, -0.05) is 20.8 Å². The second-order valence-corrected chi connectivity index (χ2v) is 7.63. The molecule has 3 aliphatic rings. The van der Waals surface area contributed by atoms with Gasteiger partial charge in [0.15, 0.2) is 5.96 Å². The van der Waals surface area contributed by atoms with Crippen LogP contribution in [0.5, 0.6) is 0 Å². The van der Waals surface area contributed by atoms with E-state index >= 15 is 0 Å². The molecule has 3 rings (SSSR count). The van der Waals surface area contributed by atoms with E-state index in [4.69, 9.17) is 0 Å². The minimum Gasteiger partial charge on any atom is -0.353 e. The number of nitrogens with one attached hydrogen (secondary N) is 2.